The summed E-state index contributed by atoms with van der Waals surface area (Å²) in [5.41, 5.74) is 7.66. The van der Waals surface area contributed by atoms with Crippen molar-refractivity contribution in [3.8, 4) is 16.9 Å². The van der Waals surface area contributed by atoms with Crippen LogP contribution >= 0.6 is 0 Å². The molecule has 4 aromatic carbocycles. The number of hydrogen-bond acceptors (Lipinski definition) is 2. The monoisotopic (exact) mass is 448 g/mol. The Morgan fingerprint density at radius 1 is 0.735 bits per heavy atom. The number of hydrogen-bond donors (Lipinski definition) is 0. The molecular weight excluding hydrogens is 416 g/mol. The molecule has 1 aliphatic carbocycles. The van der Waals surface area contributed by atoms with Crippen LogP contribution < -0.4 is 4.74 Å². The van der Waals surface area contributed by atoms with Crippen LogP contribution in [0.5, 0.6) is 5.75 Å². The first kappa shape index (κ1) is 22.4. The Hall–Kier alpha value is -3.36. The molecule has 2 nitrogen and oxygen atoms in total. The molecular formula is C32H32O2. The molecule has 0 radical (unpaired) electrons. The summed E-state index contributed by atoms with van der Waals surface area (Å²) in [7, 11) is 0. The van der Waals surface area contributed by atoms with Crippen molar-refractivity contribution >= 4 is 0 Å². The Morgan fingerprint density at radius 3 is 2.06 bits per heavy atom. The first-order valence-corrected chi connectivity index (χ1v) is 12.3. The quantitative estimate of drug-likeness (QED) is 0.242. The third-order valence-corrected chi connectivity index (χ3v) is 6.96. The second-order valence-corrected chi connectivity index (χ2v) is 9.13. The topological polar surface area (TPSA) is 18.5 Å². The smallest absolute Gasteiger partial charge is 0.210 e. The highest BCUT2D eigenvalue weighted by Crippen LogP contribution is 2.47. The van der Waals surface area contributed by atoms with Crippen LogP contribution in [0.2, 0.25) is 0 Å². The van der Waals surface area contributed by atoms with Gasteiger partial charge in [0.1, 0.15) is 5.75 Å². The lowest BCUT2D eigenvalue weighted by atomic mass is 9.96. The van der Waals surface area contributed by atoms with Crippen LogP contribution in [0.1, 0.15) is 54.4 Å². The zero-order valence-electron chi connectivity index (χ0n) is 20.0. The van der Waals surface area contributed by atoms with Crippen molar-refractivity contribution in [2.45, 2.75) is 44.8 Å². The molecule has 34 heavy (non-hydrogen) atoms. The number of rotatable bonds is 9. The fourth-order valence-electron chi connectivity index (χ4n) is 4.89. The van der Waals surface area contributed by atoms with E-state index in [0.717, 1.165) is 18.6 Å². The van der Waals surface area contributed by atoms with Crippen molar-refractivity contribution in [2.75, 3.05) is 6.61 Å². The van der Waals surface area contributed by atoms with Gasteiger partial charge in [0.25, 0.3) is 0 Å². The van der Waals surface area contributed by atoms with Gasteiger partial charge in [-0.25, -0.2) is 0 Å². The molecule has 0 amide bonds. The largest absolute Gasteiger partial charge is 0.464 e. The summed E-state index contributed by atoms with van der Waals surface area (Å²) in [5.74, 6) is 1.38. The number of fused-ring (bicyclic) bond motifs is 3. The van der Waals surface area contributed by atoms with Crippen molar-refractivity contribution < 1.29 is 9.47 Å². The summed E-state index contributed by atoms with van der Waals surface area (Å²) in [5, 5.41) is 0. The first-order chi connectivity index (χ1) is 16.7. The Bertz CT molecular complexity index is 1180. The van der Waals surface area contributed by atoms with Gasteiger partial charge in [-0.3, -0.25) is 0 Å². The first-order valence-electron chi connectivity index (χ1n) is 12.3. The molecule has 2 atom stereocenters. The summed E-state index contributed by atoms with van der Waals surface area (Å²) in [6, 6.07) is 36.3. The molecule has 0 aromatic heterocycles. The number of ether oxygens (including phenoxy) is 2. The average molecular weight is 449 g/mol. The van der Waals surface area contributed by atoms with Crippen molar-refractivity contribution in [3.05, 3.63) is 125 Å². The minimum absolute atomic E-state index is 0.0235. The molecule has 4 aromatic rings. The third-order valence-electron chi connectivity index (χ3n) is 6.96. The minimum atomic E-state index is -0.416. The van der Waals surface area contributed by atoms with E-state index in [4.69, 9.17) is 9.47 Å². The van der Waals surface area contributed by atoms with E-state index < -0.39 is 6.29 Å². The van der Waals surface area contributed by atoms with Crippen LogP contribution in [0, 0.1) is 0 Å². The van der Waals surface area contributed by atoms with Crippen molar-refractivity contribution in [2.24, 2.45) is 0 Å². The summed E-state index contributed by atoms with van der Waals surface area (Å²) < 4.78 is 13.2. The van der Waals surface area contributed by atoms with E-state index in [1.54, 1.807) is 0 Å². The van der Waals surface area contributed by atoms with Crippen LogP contribution in [0.25, 0.3) is 11.1 Å². The Morgan fingerprint density at radius 2 is 1.38 bits per heavy atom. The predicted molar refractivity (Wildman–Crippen MR) is 139 cm³/mol. The highest BCUT2D eigenvalue weighted by atomic mass is 16.7. The Balaban J connectivity index is 1.47. The Kier molecular flexibility index (Phi) is 6.78. The molecule has 0 aliphatic heterocycles. The maximum absolute atomic E-state index is 6.66. The van der Waals surface area contributed by atoms with Crippen LogP contribution in [0.4, 0.5) is 0 Å². The van der Waals surface area contributed by atoms with Crippen LogP contribution in [-0.4, -0.2) is 12.9 Å². The molecule has 0 saturated carbocycles. The maximum Gasteiger partial charge on any atom is 0.210 e. The zero-order chi connectivity index (χ0) is 23.3. The summed E-state index contributed by atoms with van der Waals surface area (Å²) in [6.07, 6.45) is 1.54. The summed E-state index contributed by atoms with van der Waals surface area (Å²) in [6.45, 7) is 5.08. The van der Waals surface area contributed by atoms with Gasteiger partial charge in [0, 0.05) is 0 Å². The molecule has 0 spiro atoms. The predicted octanol–water partition coefficient (Wildman–Crippen LogP) is 7.98. The molecule has 0 N–H and O–H groups in total. The van der Waals surface area contributed by atoms with Gasteiger partial charge in [-0.1, -0.05) is 105 Å². The zero-order valence-corrected chi connectivity index (χ0v) is 20.0. The van der Waals surface area contributed by atoms with Gasteiger partial charge in [0.15, 0.2) is 0 Å². The third kappa shape index (κ3) is 4.64. The minimum Gasteiger partial charge on any atom is -0.464 e. The second-order valence-electron chi connectivity index (χ2n) is 9.13. The Labute approximate surface area is 203 Å². The summed E-state index contributed by atoms with van der Waals surface area (Å²) >= 11 is 0. The van der Waals surface area contributed by atoms with Gasteiger partial charge in [-0.2, -0.15) is 0 Å². The van der Waals surface area contributed by atoms with E-state index >= 15 is 0 Å². The lowest BCUT2D eigenvalue weighted by Crippen LogP contribution is -2.29. The highest BCUT2D eigenvalue weighted by molar-refractivity contribution is 5.79. The SMILES string of the molecule is CCC(C)c1cccc(OC(OCCc2ccccc2)C2c3ccccc3-c3ccccc32)c1. The molecule has 0 fully saturated rings. The van der Waals surface area contributed by atoms with Crippen molar-refractivity contribution in [3.63, 3.8) is 0 Å². The lowest BCUT2D eigenvalue weighted by Gasteiger charge is -2.27. The average Bonchev–Trinajstić information content (AvgIpc) is 3.23. The lowest BCUT2D eigenvalue weighted by molar-refractivity contribution is -0.0878. The van der Waals surface area contributed by atoms with Crippen LogP contribution in [0.3, 0.4) is 0 Å². The van der Waals surface area contributed by atoms with E-state index in [0.29, 0.717) is 12.5 Å². The molecule has 0 bridgehead atoms. The molecule has 2 heteroatoms. The van der Waals surface area contributed by atoms with Gasteiger partial charge in [-0.15, -0.1) is 0 Å². The van der Waals surface area contributed by atoms with Crippen molar-refractivity contribution in [1.29, 1.82) is 0 Å². The molecule has 5 rings (SSSR count). The van der Waals surface area contributed by atoms with E-state index in [-0.39, 0.29) is 5.92 Å². The van der Waals surface area contributed by atoms with Gasteiger partial charge >= 0.3 is 0 Å². The molecule has 2 unspecified atom stereocenters. The standard InChI is InChI=1S/C32H32O2/c1-3-23(2)25-14-11-15-26(22-25)34-32(33-21-20-24-12-5-4-6-13-24)31-29-18-9-7-16-27(29)28-17-8-10-19-30(28)31/h4-19,22-23,31-32H,3,20-21H2,1-2H3. The number of benzene rings is 4. The van der Waals surface area contributed by atoms with E-state index in [2.05, 4.69) is 105 Å². The van der Waals surface area contributed by atoms with E-state index in [1.165, 1.54) is 33.4 Å². The van der Waals surface area contributed by atoms with Crippen LogP contribution in [0.15, 0.2) is 103 Å². The molecule has 1 aliphatic rings. The highest BCUT2D eigenvalue weighted by Gasteiger charge is 2.36. The van der Waals surface area contributed by atoms with Crippen molar-refractivity contribution in [1.82, 2.24) is 0 Å². The maximum atomic E-state index is 6.66. The normalized spacial score (nSPS) is 14.3. The summed E-state index contributed by atoms with van der Waals surface area (Å²) in [4.78, 5) is 0. The molecule has 172 valence electrons. The molecule has 0 heterocycles. The van der Waals surface area contributed by atoms with Gasteiger partial charge in [-0.05, 0) is 64.3 Å². The molecule has 0 saturated heterocycles. The van der Waals surface area contributed by atoms with Crippen LogP contribution in [-0.2, 0) is 11.2 Å². The van der Waals surface area contributed by atoms with E-state index in [9.17, 15) is 0 Å². The fourth-order valence-corrected chi connectivity index (χ4v) is 4.89. The fraction of sp³-hybridized carbons (Fsp3) is 0.250. The van der Waals surface area contributed by atoms with Gasteiger partial charge in [0.05, 0.1) is 12.5 Å². The van der Waals surface area contributed by atoms with Gasteiger partial charge < -0.3 is 9.47 Å². The van der Waals surface area contributed by atoms with E-state index in [1.807, 2.05) is 12.1 Å². The second kappa shape index (κ2) is 10.3. The van der Waals surface area contributed by atoms with Gasteiger partial charge in [0.2, 0.25) is 6.29 Å².